The zero-order chi connectivity index (χ0) is 8.77. The first-order valence-corrected chi connectivity index (χ1v) is 4.49. The van der Waals surface area contributed by atoms with Crippen LogP contribution in [0.15, 0.2) is 0 Å². The Bertz CT molecular complexity index is 203. The molecule has 3 heteroatoms. The third-order valence-corrected chi connectivity index (χ3v) is 2.79. The topological polar surface area (TPSA) is 38.3 Å². The molecule has 1 N–H and O–H groups in total. The summed E-state index contributed by atoms with van der Waals surface area (Å²) in [6.45, 7) is 5.11. The number of hydrogen-bond donors (Lipinski definition) is 1. The van der Waals surface area contributed by atoms with Gasteiger partial charge >= 0.3 is 0 Å². The highest BCUT2D eigenvalue weighted by atomic mass is 16.5. The van der Waals surface area contributed by atoms with Crippen molar-refractivity contribution in [1.82, 2.24) is 5.32 Å². The summed E-state index contributed by atoms with van der Waals surface area (Å²) in [6.07, 6.45) is 2.15. The molecule has 0 unspecified atom stereocenters. The van der Waals surface area contributed by atoms with Gasteiger partial charge in [0.2, 0.25) is 0 Å². The van der Waals surface area contributed by atoms with Gasteiger partial charge in [0.25, 0.3) is 0 Å². The van der Waals surface area contributed by atoms with Crippen molar-refractivity contribution in [3.8, 4) is 0 Å². The molecule has 3 atom stereocenters. The molecule has 0 radical (unpaired) electrons. The van der Waals surface area contributed by atoms with Gasteiger partial charge in [-0.25, -0.2) is 0 Å². The summed E-state index contributed by atoms with van der Waals surface area (Å²) in [6, 6.07) is -0.0724. The van der Waals surface area contributed by atoms with Crippen LogP contribution in [0.2, 0.25) is 0 Å². The van der Waals surface area contributed by atoms with E-state index in [0.29, 0.717) is 5.92 Å². The number of nitrogens with one attached hydrogen (secondary N) is 1. The van der Waals surface area contributed by atoms with E-state index in [-0.39, 0.29) is 17.7 Å². The number of carbonyl (C=O) groups excluding carboxylic acids is 1. The predicted molar refractivity (Wildman–Crippen MR) is 44.9 cm³/mol. The van der Waals surface area contributed by atoms with Gasteiger partial charge in [-0.05, 0) is 20.3 Å². The zero-order valence-corrected chi connectivity index (χ0v) is 7.54. The molecule has 0 aromatic carbocycles. The SMILES string of the molecule is CC1(C)C[C@H]2CN[C@H](C=O)[C@H]2O1. The number of ether oxygens (including phenoxy) is 1. The fraction of sp³-hybridized carbons (Fsp3) is 0.889. The largest absolute Gasteiger partial charge is 0.370 e. The summed E-state index contributed by atoms with van der Waals surface area (Å²) in [5.41, 5.74) is -0.0291. The van der Waals surface area contributed by atoms with Crippen LogP contribution >= 0.6 is 0 Å². The standard InChI is InChI=1S/C9H15NO2/c1-9(2)3-6-4-10-7(5-11)8(6)12-9/h5-8,10H,3-4H2,1-2H3/t6-,7+,8-/m0/s1. The van der Waals surface area contributed by atoms with E-state index < -0.39 is 0 Å². The molecule has 0 aromatic rings. The molecular formula is C9H15NO2. The Kier molecular flexibility index (Phi) is 1.73. The first-order chi connectivity index (χ1) is 5.62. The average molecular weight is 169 g/mol. The van der Waals surface area contributed by atoms with Crippen molar-refractivity contribution in [3.05, 3.63) is 0 Å². The van der Waals surface area contributed by atoms with Crippen LogP contribution in [0.1, 0.15) is 20.3 Å². The van der Waals surface area contributed by atoms with Crippen molar-refractivity contribution >= 4 is 6.29 Å². The molecule has 0 spiro atoms. The maximum atomic E-state index is 10.6. The fourth-order valence-electron chi connectivity index (χ4n) is 2.34. The molecule has 2 aliphatic rings. The number of fused-ring (bicyclic) bond motifs is 1. The van der Waals surface area contributed by atoms with Gasteiger partial charge < -0.3 is 14.8 Å². The van der Waals surface area contributed by atoms with Crippen molar-refractivity contribution in [2.75, 3.05) is 6.54 Å². The highest BCUT2D eigenvalue weighted by Crippen LogP contribution is 2.38. The molecule has 0 bridgehead atoms. The molecule has 0 aromatic heterocycles. The van der Waals surface area contributed by atoms with Crippen LogP contribution in [0.4, 0.5) is 0 Å². The average Bonchev–Trinajstić information content (AvgIpc) is 2.42. The molecule has 2 heterocycles. The second kappa shape index (κ2) is 2.54. The molecule has 2 fully saturated rings. The van der Waals surface area contributed by atoms with Gasteiger partial charge in [0.05, 0.1) is 17.7 Å². The van der Waals surface area contributed by atoms with E-state index in [9.17, 15) is 4.79 Å². The van der Waals surface area contributed by atoms with E-state index in [1.807, 2.05) is 0 Å². The smallest absolute Gasteiger partial charge is 0.139 e. The lowest BCUT2D eigenvalue weighted by atomic mass is 9.95. The molecule has 0 amide bonds. The highest BCUT2D eigenvalue weighted by molar-refractivity contribution is 5.59. The lowest BCUT2D eigenvalue weighted by molar-refractivity contribution is -0.113. The summed E-state index contributed by atoms with van der Waals surface area (Å²) in [5.74, 6) is 0.537. The molecular weight excluding hydrogens is 154 g/mol. The van der Waals surface area contributed by atoms with Gasteiger partial charge in [-0.3, -0.25) is 0 Å². The van der Waals surface area contributed by atoms with E-state index in [2.05, 4.69) is 19.2 Å². The Labute approximate surface area is 72.5 Å². The molecule has 3 nitrogen and oxygen atoms in total. The van der Waals surface area contributed by atoms with Crippen LogP contribution in [-0.4, -0.2) is 30.6 Å². The second-order valence-corrected chi connectivity index (χ2v) is 4.38. The van der Waals surface area contributed by atoms with Crippen molar-refractivity contribution in [1.29, 1.82) is 0 Å². The summed E-state index contributed by atoms with van der Waals surface area (Å²) in [4.78, 5) is 10.6. The highest BCUT2D eigenvalue weighted by Gasteiger charge is 2.47. The van der Waals surface area contributed by atoms with Crippen LogP contribution in [0.3, 0.4) is 0 Å². The van der Waals surface area contributed by atoms with E-state index >= 15 is 0 Å². The van der Waals surface area contributed by atoms with Gasteiger partial charge in [0.15, 0.2) is 0 Å². The van der Waals surface area contributed by atoms with Crippen molar-refractivity contribution < 1.29 is 9.53 Å². The van der Waals surface area contributed by atoms with E-state index in [1.54, 1.807) is 0 Å². The predicted octanol–water partition coefficient (Wildman–Crippen LogP) is 0.341. The molecule has 0 aliphatic carbocycles. The summed E-state index contributed by atoms with van der Waals surface area (Å²) in [7, 11) is 0. The van der Waals surface area contributed by atoms with Crippen LogP contribution in [-0.2, 0) is 9.53 Å². The third kappa shape index (κ3) is 1.17. The number of aldehydes is 1. The zero-order valence-electron chi connectivity index (χ0n) is 7.54. The summed E-state index contributed by atoms with van der Waals surface area (Å²) < 4.78 is 5.78. The summed E-state index contributed by atoms with van der Waals surface area (Å²) >= 11 is 0. The van der Waals surface area contributed by atoms with Gasteiger partial charge in [-0.15, -0.1) is 0 Å². The Balaban J connectivity index is 2.11. The van der Waals surface area contributed by atoms with E-state index in [1.165, 1.54) is 0 Å². The molecule has 68 valence electrons. The fourth-order valence-corrected chi connectivity index (χ4v) is 2.34. The molecule has 2 saturated heterocycles. The van der Waals surface area contributed by atoms with E-state index in [4.69, 9.17) is 4.74 Å². The molecule has 12 heavy (non-hydrogen) atoms. The molecule has 2 rings (SSSR count). The Morgan fingerprint density at radius 1 is 1.58 bits per heavy atom. The van der Waals surface area contributed by atoms with Crippen LogP contribution in [0.25, 0.3) is 0 Å². The van der Waals surface area contributed by atoms with E-state index in [0.717, 1.165) is 19.3 Å². The Morgan fingerprint density at radius 3 is 3.00 bits per heavy atom. The molecule has 0 saturated carbocycles. The van der Waals surface area contributed by atoms with Crippen LogP contribution in [0, 0.1) is 5.92 Å². The maximum Gasteiger partial charge on any atom is 0.139 e. The third-order valence-electron chi connectivity index (χ3n) is 2.79. The lowest BCUT2D eigenvalue weighted by Crippen LogP contribution is -2.35. The Hall–Kier alpha value is -0.410. The number of rotatable bonds is 1. The van der Waals surface area contributed by atoms with Gasteiger partial charge in [0, 0.05) is 12.5 Å². The van der Waals surface area contributed by atoms with Gasteiger partial charge in [-0.2, -0.15) is 0 Å². The van der Waals surface area contributed by atoms with Crippen molar-refractivity contribution in [3.63, 3.8) is 0 Å². The van der Waals surface area contributed by atoms with Gasteiger partial charge in [0.1, 0.15) is 6.29 Å². The monoisotopic (exact) mass is 169 g/mol. The first-order valence-electron chi connectivity index (χ1n) is 4.49. The Morgan fingerprint density at radius 2 is 2.33 bits per heavy atom. The van der Waals surface area contributed by atoms with Crippen molar-refractivity contribution in [2.24, 2.45) is 5.92 Å². The maximum absolute atomic E-state index is 10.6. The van der Waals surface area contributed by atoms with Crippen molar-refractivity contribution in [2.45, 2.75) is 38.0 Å². The molecule has 2 aliphatic heterocycles. The van der Waals surface area contributed by atoms with Crippen LogP contribution < -0.4 is 5.32 Å². The minimum Gasteiger partial charge on any atom is -0.370 e. The van der Waals surface area contributed by atoms with Crippen LogP contribution in [0.5, 0.6) is 0 Å². The minimum atomic E-state index is -0.0724. The first kappa shape index (κ1) is 8.20. The van der Waals surface area contributed by atoms with Gasteiger partial charge in [-0.1, -0.05) is 0 Å². The second-order valence-electron chi connectivity index (χ2n) is 4.38. The lowest BCUT2D eigenvalue weighted by Gasteiger charge is -2.20. The minimum absolute atomic E-state index is 0.0291. The number of carbonyl (C=O) groups is 1. The normalized spacial score (nSPS) is 44.3. The quantitative estimate of drug-likeness (QED) is 0.575. The summed E-state index contributed by atoms with van der Waals surface area (Å²) in [5, 5.41) is 3.15. The number of hydrogen-bond acceptors (Lipinski definition) is 3.